The summed E-state index contributed by atoms with van der Waals surface area (Å²) in [5, 5.41) is 10.1. The zero-order valence-electron chi connectivity index (χ0n) is 11.5. The monoisotopic (exact) mass is 270 g/mol. The third-order valence-electron chi connectivity index (χ3n) is 3.07. The Bertz CT molecular complexity index is 576. The second-order valence-electron chi connectivity index (χ2n) is 4.52. The normalized spacial score (nSPS) is 10.2. The van der Waals surface area contributed by atoms with Crippen molar-refractivity contribution in [3.8, 4) is 16.9 Å². The van der Waals surface area contributed by atoms with Crippen LogP contribution >= 0.6 is 0 Å². The van der Waals surface area contributed by atoms with Crippen LogP contribution in [0, 0.1) is 0 Å². The molecule has 0 aliphatic rings. The van der Waals surface area contributed by atoms with E-state index in [0.29, 0.717) is 19.4 Å². The van der Waals surface area contributed by atoms with Gasteiger partial charge in [0.05, 0.1) is 6.61 Å². The SMILES string of the molecule is CCOC(=O)CCc1ccc(-c2ccccc2)c(O)c1. The number of carbonyl (C=O) groups excluding carboxylic acids is 1. The molecule has 0 radical (unpaired) electrons. The van der Waals surface area contributed by atoms with Gasteiger partial charge in [-0.25, -0.2) is 0 Å². The maximum absolute atomic E-state index is 11.3. The van der Waals surface area contributed by atoms with Crippen LogP contribution in [0.4, 0.5) is 0 Å². The van der Waals surface area contributed by atoms with E-state index in [1.807, 2.05) is 42.5 Å². The zero-order chi connectivity index (χ0) is 14.4. The topological polar surface area (TPSA) is 46.5 Å². The minimum Gasteiger partial charge on any atom is -0.507 e. The molecule has 0 saturated carbocycles. The maximum Gasteiger partial charge on any atom is 0.306 e. The van der Waals surface area contributed by atoms with E-state index in [2.05, 4.69) is 0 Å². The first kappa shape index (κ1) is 14.1. The molecule has 0 saturated heterocycles. The van der Waals surface area contributed by atoms with E-state index in [-0.39, 0.29) is 11.7 Å². The van der Waals surface area contributed by atoms with Crippen molar-refractivity contribution in [2.24, 2.45) is 0 Å². The molecule has 20 heavy (non-hydrogen) atoms. The lowest BCUT2D eigenvalue weighted by atomic mass is 10.0. The molecular weight excluding hydrogens is 252 g/mol. The molecule has 3 nitrogen and oxygen atoms in total. The van der Waals surface area contributed by atoms with Gasteiger partial charge in [-0.15, -0.1) is 0 Å². The summed E-state index contributed by atoms with van der Waals surface area (Å²) < 4.78 is 4.89. The average molecular weight is 270 g/mol. The van der Waals surface area contributed by atoms with Gasteiger partial charge in [0, 0.05) is 12.0 Å². The molecule has 1 N–H and O–H groups in total. The van der Waals surface area contributed by atoms with E-state index in [0.717, 1.165) is 16.7 Å². The maximum atomic E-state index is 11.3. The number of phenols is 1. The molecule has 0 aromatic heterocycles. The summed E-state index contributed by atoms with van der Waals surface area (Å²) in [6, 6.07) is 15.2. The highest BCUT2D eigenvalue weighted by Crippen LogP contribution is 2.30. The zero-order valence-corrected chi connectivity index (χ0v) is 11.5. The highest BCUT2D eigenvalue weighted by Gasteiger charge is 2.07. The number of hydrogen-bond donors (Lipinski definition) is 1. The lowest BCUT2D eigenvalue weighted by Gasteiger charge is -2.07. The number of benzene rings is 2. The molecule has 0 spiro atoms. The summed E-state index contributed by atoms with van der Waals surface area (Å²) in [6.07, 6.45) is 0.902. The van der Waals surface area contributed by atoms with Crippen molar-refractivity contribution in [1.82, 2.24) is 0 Å². The molecular formula is C17H18O3. The van der Waals surface area contributed by atoms with Gasteiger partial charge < -0.3 is 9.84 Å². The van der Waals surface area contributed by atoms with Crippen molar-refractivity contribution in [2.75, 3.05) is 6.61 Å². The number of hydrogen-bond acceptors (Lipinski definition) is 3. The molecule has 3 heteroatoms. The predicted octanol–water partition coefficient (Wildman–Crippen LogP) is 3.55. The van der Waals surface area contributed by atoms with Crippen LogP contribution in [-0.4, -0.2) is 17.7 Å². The summed E-state index contributed by atoms with van der Waals surface area (Å²) in [5.41, 5.74) is 2.70. The first-order valence-electron chi connectivity index (χ1n) is 6.73. The molecule has 0 amide bonds. The standard InChI is InChI=1S/C17H18O3/c1-2-20-17(19)11-9-13-8-10-15(16(18)12-13)14-6-4-3-5-7-14/h3-8,10,12,18H,2,9,11H2,1H3. The van der Waals surface area contributed by atoms with Gasteiger partial charge >= 0.3 is 5.97 Å². The molecule has 0 aliphatic heterocycles. The number of phenolic OH excluding ortho intramolecular Hbond substituents is 1. The minimum atomic E-state index is -0.209. The Balaban J connectivity index is 2.08. The van der Waals surface area contributed by atoms with Crippen LogP contribution < -0.4 is 0 Å². The van der Waals surface area contributed by atoms with E-state index in [1.165, 1.54) is 0 Å². The molecule has 0 bridgehead atoms. The molecule has 0 fully saturated rings. The lowest BCUT2D eigenvalue weighted by molar-refractivity contribution is -0.143. The van der Waals surface area contributed by atoms with Crippen LogP contribution in [0.5, 0.6) is 5.75 Å². The first-order chi connectivity index (χ1) is 9.70. The lowest BCUT2D eigenvalue weighted by Crippen LogP contribution is -2.05. The quantitative estimate of drug-likeness (QED) is 0.845. The van der Waals surface area contributed by atoms with Gasteiger partial charge in [0.15, 0.2) is 0 Å². The fourth-order valence-electron chi connectivity index (χ4n) is 2.07. The van der Waals surface area contributed by atoms with Crippen LogP contribution in [0.2, 0.25) is 0 Å². The average Bonchev–Trinajstić information content (AvgIpc) is 2.46. The number of aromatic hydroxyl groups is 1. The fraction of sp³-hybridized carbons (Fsp3) is 0.235. The van der Waals surface area contributed by atoms with E-state index >= 15 is 0 Å². The van der Waals surface area contributed by atoms with Gasteiger partial charge in [0.1, 0.15) is 5.75 Å². The number of aryl methyl sites for hydroxylation is 1. The van der Waals surface area contributed by atoms with Crippen molar-refractivity contribution >= 4 is 5.97 Å². The highest BCUT2D eigenvalue weighted by atomic mass is 16.5. The third-order valence-corrected chi connectivity index (χ3v) is 3.07. The number of carbonyl (C=O) groups is 1. The van der Waals surface area contributed by atoms with Crippen LogP contribution in [0.15, 0.2) is 48.5 Å². The van der Waals surface area contributed by atoms with Crippen LogP contribution in [0.3, 0.4) is 0 Å². The third kappa shape index (κ3) is 3.60. The van der Waals surface area contributed by atoms with E-state index in [1.54, 1.807) is 13.0 Å². The van der Waals surface area contributed by atoms with Gasteiger partial charge in [0.2, 0.25) is 0 Å². The van der Waals surface area contributed by atoms with E-state index in [4.69, 9.17) is 4.74 Å². The number of rotatable bonds is 5. The molecule has 104 valence electrons. The molecule has 0 heterocycles. The second kappa shape index (κ2) is 6.75. The number of ether oxygens (including phenoxy) is 1. The van der Waals surface area contributed by atoms with Gasteiger partial charge in [-0.05, 0) is 30.5 Å². The molecule has 2 aromatic rings. The summed E-state index contributed by atoms with van der Waals surface area (Å²) in [6.45, 7) is 2.19. The molecule has 2 rings (SSSR count). The Morgan fingerprint density at radius 1 is 1.15 bits per heavy atom. The highest BCUT2D eigenvalue weighted by molar-refractivity contribution is 5.71. The largest absolute Gasteiger partial charge is 0.507 e. The molecule has 0 atom stereocenters. The first-order valence-corrected chi connectivity index (χ1v) is 6.73. The van der Waals surface area contributed by atoms with E-state index < -0.39 is 0 Å². The van der Waals surface area contributed by atoms with Crippen molar-refractivity contribution in [3.63, 3.8) is 0 Å². The molecule has 2 aromatic carbocycles. The summed E-state index contributed by atoms with van der Waals surface area (Å²) in [5.74, 6) is 0.0247. The summed E-state index contributed by atoms with van der Waals surface area (Å²) in [7, 11) is 0. The van der Waals surface area contributed by atoms with Gasteiger partial charge in [-0.1, -0.05) is 42.5 Å². The Labute approximate surface area is 118 Å². The van der Waals surface area contributed by atoms with E-state index in [9.17, 15) is 9.90 Å². The Morgan fingerprint density at radius 3 is 2.55 bits per heavy atom. The van der Waals surface area contributed by atoms with Crippen LogP contribution in [0.25, 0.3) is 11.1 Å². The van der Waals surface area contributed by atoms with Crippen molar-refractivity contribution < 1.29 is 14.6 Å². The minimum absolute atomic E-state index is 0.209. The van der Waals surface area contributed by atoms with Crippen molar-refractivity contribution in [1.29, 1.82) is 0 Å². The van der Waals surface area contributed by atoms with Crippen molar-refractivity contribution in [3.05, 3.63) is 54.1 Å². The smallest absolute Gasteiger partial charge is 0.306 e. The fourth-order valence-corrected chi connectivity index (χ4v) is 2.07. The Kier molecular flexibility index (Phi) is 4.77. The van der Waals surface area contributed by atoms with Gasteiger partial charge in [-0.3, -0.25) is 4.79 Å². The summed E-state index contributed by atoms with van der Waals surface area (Å²) >= 11 is 0. The summed E-state index contributed by atoms with van der Waals surface area (Å²) in [4.78, 5) is 11.3. The van der Waals surface area contributed by atoms with Gasteiger partial charge in [-0.2, -0.15) is 0 Å². The number of esters is 1. The molecule has 0 aliphatic carbocycles. The molecule has 0 unspecified atom stereocenters. The van der Waals surface area contributed by atoms with Crippen LogP contribution in [0.1, 0.15) is 18.9 Å². The Hall–Kier alpha value is -2.29. The van der Waals surface area contributed by atoms with Gasteiger partial charge in [0.25, 0.3) is 0 Å². The predicted molar refractivity (Wildman–Crippen MR) is 78.5 cm³/mol. The Morgan fingerprint density at radius 2 is 1.90 bits per heavy atom. The van der Waals surface area contributed by atoms with Crippen molar-refractivity contribution in [2.45, 2.75) is 19.8 Å². The second-order valence-corrected chi connectivity index (χ2v) is 4.52. The van der Waals surface area contributed by atoms with Crippen LogP contribution in [-0.2, 0) is 16.0 Å².